The molecule has 30 heavy (non-hydrogen) atoms. The molecule has 0 N–H and O–H groups in total. The van der Waals surface area contributed by atoms with E-state index in [1.54, 1.807) is 24.3 Å². The number of carbonyl (C=O) groups is 1. The predicted molar refractivity (Wildman–Crippen MR) is 108 cm³/mol. The van der Waals surface area contributed by atoms with Crippen LogP contribution in [0.2, 0.25) is 5.15 Å². The molecule has 10 heteroatoms. The zero-order valence-corrected chi connectivity index (χ0v) is 17.1. The summed E-state index contributed by atoms with van der Waals surface area (Å²) in [5, 5.41) is 0.809. The van der Waals surface area contributed by atoms with Gasteiger partial charge in [0.25, 0.3) is 5.91 Å². The van der Waals surface area contributed by atoms with Crippen LogP contribution in [0.1, 0.15) is 10.4 Å². The number of rotatable bonds is 3. The van der Waals surface area contributed by atoms with Crippen LogP contribution in [-0.4, -0.2) is 54.7 Å². The molecule has 1 aliphatic rings. The number of carbonyl (C=O) groups excluding carboxylic acids is 1. The van der Waals surface area contributed by atoms with Crippen molar-refractivity contribution in [2.75, 3.05) is 26.2 Å². The van der Waals surface area contributed by atoms with E-state index >= 15 is 0 Å². The molecule has 0 spiro atoms. The maximum Gasteiger partial charge on any atom is 0.254 e. The minimum atomic E-state index is -4.36. The molecule has 4 rings (SSSR count). The lowest BCUT2D eigenvalue weighted by molar-refractivity contribution is 0.0699. The number of para-hydroxylation sites is 1. The fraction of sp³-hybridized carbons (Fsp3) is 0.200. The van der Waals surface area contributed by atoms with Crippen LogP contribution in [0.25, 0.3) is 10.9 Å². The first kappa shape index (κ1) is 20.6. The molecule has 0 radical (unpaired) electrons. The van der Waals surface area contributed by atoms with Crippen molar-refractivity contribution in [1.82, 2.24) is 14.2 Å². The molecule has 0 unspecified atom stereocenters. The summed E-state index contributed by atoms with van der Waals surface area (Å²) >= 11 is 6.05. The zero-order chi connectivity index (χ0) is 21.5. The van der Waals surface area contributed by atoms with Crippen molar-refractivity contribution < 1.29 is 22.0 Å². The van der Waals surface area contributed by atoms with Gasteiger partial charge in [-0.15, -0.1) is 0 Å². The monoisotopic (exact) mass is 451 g/mol. The molecule has 156 valence electrons. The Morgan fingerprint density at radius 2 is 1.60 bits per heavy atom. The van der Waals surface area contributed by atoms with E-state index in [4.69, 9.17) is 11.6 Å². The van der Waals surface area contributed by atoms with Gasteiger partial charge >= 0.3 is 0 Å². The number of hydrogen-bond acceptors (Lipinski definition) is 4. The molecule has 1 amide bonds. The van der Waals surface area contributed by atoms with Gasteiger partial charge in [0, 0.05) is 31.6 Å². The van der Waals surface area contributed by atoms with Crippen molar-refractivity contribution in [3.8, 4) is 0 Å². The largest absolute Gasteiger partial charge is 0.336 e. The van der Waals surface area contributed by atoms with Gasteiger partial charge in [-0.05, 0) is 24.3 Å². The van der Waals surface area contributed by atoms with Crippen LogP contribution >= 0.6 is 11.6 Å². The second-order valence-corrected chi connectivity index (χ2v) is 9.02. The van der Waals surface area contributed by atoms with Gasteiger partial charge < -0.3 is 4.90 Å². The third kappa shape index (κ3) is 3.64. The van der Waals surface area contributed by atoms with Gasteiger partial charge in [0.1, 0.15) is 16.8 Å². The number of halogens is 3. The molecule has 2 heterocycles. The maximum absolute atomic E-state index is 14.0. The summed E-state index contributed by atoms with van der Waals surface area (Å²) in [6.07, 6.45) is 0. The third-order valence-corrected chi connectivity index (χ3v) is 7.10. The van der Waals surface area contributed by atoms with Gasteiger partial charge in [-0.3, -0.25) is 4.79 Å². The number of benzene rings is 2. The molecule has 1 aromatic heterocycles. The van der Waals surface area contributed by atoms with Gasteiger partial charge in [0.15, 0.2) is 4.90 Å². The fourth-order valence-electron chi connectivity index (χ4n) is 3.48. The second kappa shape index (κ2) is 7.90. The van der Waals surface area contributed by atoms with E-state index in [-0.39, 0.29) is 37.2 Å². The summed E-state index contributed by atoms with van der Waals surface area (Å²) in [6.45, 7) is -0.0258. The van der Waals surface area contributed by atoms with Crippen molar-refractivity contribution in [2.24, 2.45) is 0 Å². The number of sulfonamides is 1. The van der Waals surface area contributed by atoms with Crippen molar-refractivity contribution in [1.29, 1.82) is 0 Å². The van der Waals surface area contributed by atoms with E-state index in [2.05, 4.69) is 4.98 Å². The number of fused-ring (bicyclic) bond motifs is 1. The summed E-state index contributed by atoms with van der Waals surface area (Å²) < 4.78 is 54.4. The highest BCUT2D eigenvalue weighted by Gasteiger charge is 2.34. The van der Waals surface area contributed by atoms with Crippen LogP contribution in [0.4, 0.5) is 8.78 Å². The fourth-order valence-corrected chi connectivity index (χ4v) is 5.21. The molecule has 0 saturated carbocycles. The average Bonchev–Trinajstić information content (AvgIpc) is 2.72. The Labute approximate surface area is 176 Å². The van der Waals surface area contributed by atoms with Gasteiger partial charge in [0.05, 0.1) is 11.1 Å². The van der Waals surface area contributed by atoms with Crippen LogP contribution in [0, 0.1) is 11.6 Å². The molecule has 0 bridgehead atoms. The lowest BCUT2D eigenvalue weighted by Crippen LogP contribution is -2.50. The van der Waals surface area contributed by atoms with Gasteiger partial charge in [-0.25, -0.2) is 22.2 Å². The molecule has 1 fully saturated rings. The molecular formula is C20H16ClF2N3O3S. The first-order chi connectivity index (χ1) is 14.3. The first-order valence-electron chi connectivity index (χ1n) is 9.08. The number of nitrogens with zero attached hydrogens (tertiary/aromatic N) is 3. The Morgan fingerprint density at radius 1 is 0.967 bits per heavy atom. The quantitative estimate of drug-likeness (QED) is 0.573. The number of piperazine rings is 1. The average molecular weight is 452 g/mol. The molecule has 2 aromatic carbocycles. The Bertz CT molecular complexity index is 1230. The molecule has 1 saturated heterocycles. The summed E-state index contributed by atoms with van der Waals surface area (Å²) in [7, 11) is -4.36. The van der Waals surface area contributed by atoms with E-state index in [1.165, 1.54) is 11.0 Å². The minimum absolute atomic E-state index is 0.0718. The standard InChI is InChI=1S/C20H16ClF2N3O3S/c21-18-12-14(13-4-1-2-7-17(13)24-18)20(27)25-8-10-26(11-9-25)30(28,29)19-15(22)5-3-6-16(19)23/h1-7,12H,8-11H2. The van der Waals surface area contributed by atoms with E-state index in [0.717, 1.165) is 22.5 Å². The van der Waals surface area contributed by atoms with E-state index < -0.39 is 26.6 Å². The summed E-state index contributed by atoms with van der Waals surface area (Å²) in [5.41, 5.74) is 0.937. The topological polar surface area (TPSA) is 70.6 Å². The normalized spacial score (nSPS) is 15.5. The zero-order valence-electron chi connectivity index (χ0n) is 15.6. The highest BCUT2D eigenvalue weighted by atomic mass is 35.5. The first-order valence-corrected chi connectivity index (χ1v) is 10.9. The van der Waals surface area contributed by atoms with Crippen LogP contribution in [-0.2, 0) is 10.0 Å². The van der Waals surface area contributed by atoms with Crippen molar-refractivity contribution in [3.05, 3.63) is 70.9 Å². The predicted octanol–water partition coefficient (Wildman–Crippen LogP) is 3.31. The van der Waals surface area contributed by atoms with Crippen LogP contribution < -0.4 is 0 Å². The number of amides is 1. The maximum atomic E-state index is 14.0. The molecular weight excluding hydrogens is 436 g/mol. The highest BCUT2D eigenvalue weighted by molar-refractivity contribution is 7.89. The van der Waals surface area contributed by atoms with Gasteiger partial charge in [-0.1, -0.05) is 35.9 Å². The highest BCUT2D eigenvalue weighted by Crippen LogP contribution is 2.26. The number of pyridine rings is 1. The van der Waals surface area contributed by atoms with Crippen molar-refractivity contribution in [3.63, 3.8) is 0 Å². The van der Waals surface area contributed by atoms with Crippen molar-refractivity contribution in [2.45, 2.75) is 4.90 Å². The molecule has 0 atom stereocenters. The van der Waals surface area contributed by atoms with Crippen LogP contribution in [0.3, 0.4) is 0 Å². The van der Waals surface area contributed by atoms with Gasteiger partial charge in [0.2, 0.25) is 10.0 Å². The molecule has 6 nitrogen and oxygen atoms in total. The summed E-state index contributed by atoms with van der Waals surface area (Å²) in [6, 6.07) is 11.4. The molecule has 0 aliphatic carbocycles. The number of aromatic nitrogens is 1. The smallest absolute Gasteiger partial charge is 0.254 e. The third-order valence-electron chi connectivity index (χ3n) is 4.96. The van der Waals surface area contributed by atoms with E-state index in [9.17, 15) is 22.0 Å². The van der Waals surface area contributed by atoms with Crippen molar-refractivity contribution >= 4 is 38.4 Å². The summed E-state index contributed by atoms with van der Waals surface area (Å²) in [4.78, 5) is 17.8. The number of hydrogen-bond donors (Lipinski definition) is 0. The van der Waals surface area contributed by atoms with E-state index in [0.29, 0.717) is 16.5 Å². The van der Waals surface area contributed by atoms with Crippen LogP contribution in [0.5, 0.6) is 0 Å². The molecule has 3 aromatic rings. The Balaban J connectivity index is 1.56. The Hall–Kier alpha value is -2.62. The van der Waals surface area contributed by atoms with Crippen LogP contribution in [0.15, 0.2) is 53.4 Å². The van der Waals surface area contributed by atoms with Gasteiger partial charge in [-0.2, -0.15) is 4.31 Å². The summed E-state index contributed by atoms with van der Waals surface area (Å²) in [5.74, 6) is -2.61. The molecule has 1 aliphatic heterocycles. The SMILES string of the molecule is O=C(c1cc(Cl)nc2ccccc12)N1CCN(S(=O)(=O)c2c(F)cccc2F)CC1. The lowest BCUT2D eigenvalue weighted by Gasteiger charge is -2.34. The Kier molecular flexibility index (Phi) is 5.44. The second-order valence-electron chi connectivity index (χ2n) is 6.76. The van der Waals surface area contributed by atoms with E-state index in [1.807, 2.05) is 0 Å². The lowest BCUT2D eigenvalue weighted by atomic mass is 10.1. The Morgan fingerprint density at radius 3 is 2.27 bits per heavy atom. The minimum Gasteiger partial charge on any atom is -0.336 e.